The van der Waals surface area contributed by atoms with Gasteiger partial charge in [-0.2, -0.15) is 18.3 Å². The Bertz CT molecular complexity index is 935. The maximum absolute atomic E-state index is 14.4. The molecule has 0 bridgehead atoms. The van der Waals surface area contributed by atoms with Crippen LogP contribution in [0.2, 0.25) is 5.02 Å². The molecule has 0 spiro atoms. The van der Waals surface area contributed by atoms with E-state index < -0.39 is 28.8 Å². The molecule has 1 aliphatic rings. The molecule has 1 aromatic carbocycles. The average molecular weight is 419 g/mol. The number of nitrogens with zero attached hydrogens (tertiary/aromatic N) is 2. The minimum absolute atomic E-state index is 0.0311. The summed E-state index contributed by atoms with van der Waals surface area (Å²) in [7, 11) is 1.04. The van der Waals surface area contributed by atoms with Crippen LogP contribution >= 0.6 is 11.6 Å². The van der Waals surface area contributed by atoms with E-state index in [2.05, 4.69) is 12.0 Å². The molecule has 28 heavy (non-hydrogen) atoms. The molecule has 0 saturated heterocycles. The van der Waals surface area contributed by atoms with Gasteiger partial charge in [-0.1, -0.05) is 18.5 Å². The van der Waals surface area contributed by atoms with Crippen molar-refractivity contribution >= 4 is 11.6 Å². The molecule has 0 unspecified atom stereocenters. The van der Waals surface area contributed by atoms with Crippen LogP contribution in [-0.4, -0.2) is 15.9 Å². The molecule has 1 aromatic heterocycles. The lowest BCUT2D eigenvalue weighted by Gasteiger charge is -2.27. The van der Waals surface area contributed by atoms with Crippen molar-refractivity contribution in [3.8, 4) is 17.0 Å². The minimum atomic E-state index is -4.75. The predicted molar refractivity (Wildman–Crippen MR) is 96.9 cm³/mol. The minimum Gasteiger partial charge on any atom is -0.489 e. The molecule has 0 aliphatic heterocycles. The van der Waals surface area contributed by atoms with Crippen molar-refractivity contribution in [1.82, 2.24) is 9.78 Å². The summed E-state index contributed by atoms with van der Waals surface area (Å²) >= 11 is 6.08. The lowest BCUT2D eigenvalue weighted by molar-refractivity contribution is -0.144. The summed E-state index contributed by atoms with van der Waals surface area (Å²) in [5.74, 6) is -0.0705. The van der Waals surface area contributed by atoms with Crippen LogP contribution in [-0.2, 0) is 13.2 Å². The Morgan fingerprint density at radius 2 is 1.82 bits per heavy atom. The highest BCUT2D eigenvalue weighted by Gasteiger charge is 2.35. The summed E-state index contributed by atoms with van der Waals surface area (Å²) < 4.78 is 59.6. The number of halogens is 5. The molecule has 1 saturated carbocycles. The Labute approximate surface area is 164 Å². The molecule has 2 aromatic rings. The van der Waals surface area contributed by atoms with Gasteiger partial charge in [0.15, 0.2) is 0 Å². The zero-order valence-electron chi connectivity index (χ0n) is 15.3. The highest BCUT2D eigenvalue weighted by molar-refractivity contribution is 6.32. The Morgan fingerprint density at radius 3 is 2.43 bits per heavy atom. The SMILES string of the molecule is CC1CCC(Oc2cc(-c3nn(C)c(C(F)(F)F)cc3=O)c(F)cc2Cl)CC1. The van der Waals surface area contributed by atoms with Gasteiger partial charge < -0.3 is 4.74 Å². The van der Waals surface area contributed by atoms with Crippen LogP contribution in [0.3, 0.4) is 0 Å². The first-order valence-electron chi connectivity index (χ1n) is 8.88. The number of benzene rings is 1. The van der Waals surface area contributed by atoms with Crippen molar-refractivity contribution in [2.45, 2.75) is 44.9 Å². The number of aryl methyl sites for hydroxylation is 1. The zero-order chi connectivity index (χ0) is 20.6. The Balaban J connectivity index is 1.99. The van der Waals surface area contributed by atoms with Gasteiger partial charge in [0.1, 0.15) is 23.0 Å². The third-order valence-corrected chi connectivity index (χ3v) is 5.22. The first kappa shape index (κ1) is 20.6. The van der Waals surface area contributed by atoms with Crippen molar-refractivity contribution in [3.63, 3.8) is 0 Å². The van der Waals surface area contributed by atoms with Gasteiger partial charge in [0, 0.05) is 18.7 Å². The summed E-state index contributed by atoms with van der Waals surface area (Å²) in [5, 5.41) is 3.67. The van der Waals surface area contributed by atoms with E-state index in [-0.39, 0.29) is 22.4 Å². The number of hydrogen-bond acceptors (Lipinski definition) is 3. The highest BCUT2D eigenvalue weighted by Crippen LogP contribution is 2.35. The second kappa shape index (κ2) is 7.73. The van der Waals surface area contributed by atoms with Crippen molar-refractivity contribution < 1.29 is 22.3 Å². The Kier molecular flexibility index (Phi) is 5.70. The molecule has 0 atom stereocenters. The second-order valence-electron chi connectivity index (χ2n) is 7.13. The molecule has 1 aliphatic carbocycles. The van der Waals surface area contributed by atoms with Gasteiger partial charge >= 0.3 is 6.18 Å². The molecular weight excluding hydrogens is 400 g/mol. The van der Waals surface area contributed by atoms with E-state index in [9.17, 15) is 22.4 Å². The fourth-order valence-electron chi connectivity index (χ4n) is 3.32. The average Bonchev–Trinajstić information content (AvgIpc) is 2.60. The largest absolute Gasteiger partial charge is 0.489 e. The summed E-state index contributed by atoms with van der Waals surface area (Å²) in [5.41, 5.74) is -2.95. The van der Waals surface area contributed by atoms with Crippen molar-refractivity contribution in [3.05, 3.63) is 45.0 Å². The molecule has 0 amide bonds. The monoisotopic (exact) mass is 418 g/mol. The number of hydrogen-bond donors (Lipinski definition) is 0. The van der Waals surface area contributed by atoms with E-state index in [1.54, 1.807) is 0 Å². The van der Waals surface area contributed by atoms with Gasteiger partial charge in [-0.15, -0.1) is 0 Å². The maximum atomic E-state index is 14.4. The fraction of sp³-hybridized carbons (Fsp3) is 0.474. The second-order valence-corrected chi connectivity index (χ2v) is 7.53. The highest BCUT2D eigenvalue weighted by atomic mass is 35.5. The van der Waals surface area contributed by atoms with Crippen LogP contribution < -0.4 is 10.2 Å². The zero-order valence-corrected chi connectivity index (χ0v) is 16.1. The summed E-state index contributed by atoms with van der Waals surface area (Å²) in [6, 6.07) is 2.61. The van der Waals surface area contributed by atoms with Crippen molar-refractivity contribution in [1.29, 1.82) is 0 Å². The third-order valence-electron chi connectivity index (χ3n) is 4.92. The summed E-state index contributed by atoms with van der Waals surface area (Å²) in [4.78, 5) is 12.2. The molecule has 3 rings (SSSR count). The topological polar surface area (TPSA) is 44.1 Å². The molecule has 1 heterocycles. The van der Waals surface area contributed by atoms with Crippen LogP contribution in [0.15, 0.2) is 23.0 Å². The molecular formula is C19H19ClF4N2O2. The van der Waals surface area contributed by atoms with Gasteiger partial charge in [0.2, 0.25) is 5.43 Å². The molecule has 152 valence electrons. The Morgan fingerprint density at radius 1 is 1.18 bits per heavy atom. The van der Waals surface area contributed by atoms with Gasteiger partial charge in [0.05, 0.1) is 11.1 Å². The molecule has 0 N–H and O–H groups in total. The normalized spacial score (nSPS) is 20.2. The first-order valence-corrected chi connectivity index (χ1v) is 9.25. The first-order chi connectivity index (χ1) is 13.1. The molecule has 0 radical (unpaired) electrons. The third kappa shape index (κ3) is 4.32. The summed E-state index contributed by atoms with van der Waals surface area (Å²) in [6.07, 6.45) is -1.19. The lowest BCUT2D eigenvalue weighted by Crippen LogP contribution is -2.24. The van der Waals surface area contributed by atoms with E-state index in [0.717, 1.165) is 38.8 Å². The maximum Gasteiger partial charge on any atom is 0.433 e. The fourth-order valence-corrected chi connectivity index (χ4v) is 3.51. The predicted octanol–water partition coefficient (Wildman–Crippen LogP) is 5.22. The molecule has 4 nitrogen and oxygen atoms in total. The van der Waals surface area contributed by atoms with Crippen LogP contribution in [0, 0.1) is 11.7 Å². The van der Waals surface area contributed by atoms with Gasteiger partial charge in [-0.05, 0) is 43.7 Å². The quantitative estimate of drug-likeness (QED) is 0.642. The van der Waals surface area contributed by atoms with Crippen molar-refractivity contribution in [2.75, 3.05) is 0 Å². The molecule has 1 fully saturated rings. The van der Waals surface area contributed by atoms with Crippen LogP contribution in [0.4, 0.5) is 17.6 Å². The number of alkyl halides is 3. The number of ether oxygens (including phenoxy) is 1. The van der Waals surface area contributed by atoms with Gasteiger partial charge in [-0.3, -0.25) is 9.48 Å². The van der Waals surface area contributed by atoms with E-state index in [1.165, 1.54) is 6.07 Å². The smallest absolute Gasteiger partial charge is 0.433 e. The molecule has 9 heteroatoms. The summed E-state index contributed by atoms with van der Waals surface area (Å²) in [6.45, 7) is 2.16. The number of aromatic nitrogens is 2. The Hall–Kier alpha value is -2.09. The van der Waals surface area contributed by atoms with Gasteiger partial charge in [-0.25, -0.2) is 4.39 Å². The van der Waals surface area contributed by atoms with E-state index in [1.807, 2.05) is 0 Å². The number of rotatable bonds is 3. The van der Waals surface area contributed by atoms with Crippen molar-refractivity contribution in [2.24, 2.45) is 13.0 Å². The van der Waals surface area contributed by atoms with Crippen LogP contribution in [0.5, 0.6) is 5.75 Å². The van der Waals surface area contributed by atoms with E-state index in [4.69, 9.17) is 16.3 Å². The standard InChI is InChI=1S/C19H19ClF4N2O2/c1-10-3-5-11(6-4-10)28-16-7-12(14(21)8-13(16)20)18-15(27)9-17(19(22,23)24)26(2)25-18/h7-11H,3-6H2,1-2H3. The van der Waals surface area contributed by atoms with Crippen LogP contribution in [0.25, 0.3) is 11.3 Å². The lowest BCUT2D eigenvalue weighted by atomic mass is 9.89. The van der Waals surface area contributed by atoms with E-state index >= 15 is 0 Å². The van der Waals surface area contributed by atoms with Gasteiger partial charge in [0.25, 0.3) is 0 Å². The van der Waals surface area contributed by atoms with Crippen LogP contribution in [0.1, 0.15) is 38.3 Å². The van der Waals surface area contributed by atoms with E-state index in [0.29, 0.717) is 16.7 Å².